The zero-order valence-electron chi connectivity index (χ0n) is 31.8. The van der Waals surface area contributed by atoms with Crippen LogP contribution in [-0.2, 0) is 5.41 Å². The van der Waals surface area contributed by atoms with Crippen LogP contribution in [0.4, 0.5) is 17.1 Å². The molecule has 0 N–H and O–H groups in total. The van der Waals surface area contributed by atoms with E-state index < -0.39 is 0 Å². The van der Waals surface area contributed by atoms with Crippen molar-refractivity contribution in [3.63, 3.8) is 0 Å². The third-order valence-corrected chi connectivity index (χ3v) is 12.6. The van der Waals surface area contributed by atoms with Crippen molar-refractivity contribution in [2.75, 3.05) is 4.90 Å². The molecule has 0 radical (unpaired) electrons. The number of hydrogen-bond donors (Lipinski definition) is 0. The maximum Gasteiger partial charge on any atom is 0.135 e. The van der Waals surface area contributed by atoms with E-state index in [1.165, 1.54) is 76.5 Å². The molecule has 0 amide bonds. The van der Waals surface area contributed by atoms with E-state index in [9.17, 15) is 0 Å². The smallest absolute Gasteiger partial charge is 0.135 e. The molecule has 1 heterocycles. The van der Waals surface area contributed by atoms with Crippen molar-refractivity contribution in [2.24, 2.45) is 0 Å². The van der Waals surface area contributed by atoms with Crippen LogP contribution < -0.4 is 4.90 Å². The van der Waals surface area contributed by atoms with Gasteiger partial charge in [0.2, 0.25) is 0 Å². The molecule has 0 spiro atoms. The van der Waals surface area contributed by atoms with Gasteiger partial charge >= 0.3 is 0 Å². The second-order valence-corrected chi connectivity index (χ2v) is 16.1. The summed E-state index contributed by atoms with van der Waals surface area (Å²) in [7, 11) is 0. The Morgan fingerprint density at radius 2 is 0.947 bits per heavy atom. The Bertz CT molecular complexity index is 3440. The van der Waals surface area contributed by atoms with Crippen molar-refractivity contribution < 1.29 is 4.42 Å². The van der Waals surface area contributed by atoms with Crippen molar-refractivity contribution >= 4 is 82.1 Å². The number of furan rings is 1. The average molecular weight is 728 g/mol. The fourth-order valence-corrected chi connectivity index (χ4v) is 9.77. The molecular formula is C55H37NO. The van der Waals surface area contributed by atoms with Gasteiger partial charge in [0.25, 0.3) is 0 Å². The summed E-state index contributed by atoms with van der Waals surface area (Å²) < 4.78 is 6.49. The third-order valence-electron chi connectivity index (χ3n) is 12.6. The summed E-state index contributed by atoms with van der Waals surface area (Å²) in [4.78, 5) is 2.38. The van der Waals surface area contributed by atoms with Gasteiger partial charge in [-0.3, -0.25) is 0 Å². The number of anilines is 3. The lowest BCUT2D eigenvalue weighted by Crippen LogP contribution is -2.16. The molecule has 1 aliphatic rings. The Labute approximate surface area is 330 Å². The summed E-state index contributed by atoms with van der Waals surface area (Å²) in [5, 5.41) is 12.5. The molecule has 0 unspecified atom stereocenters. The number of hydrogen-bond acceptors (Lipinski definition) is 2. The monoisotopic (exact) mass is 727 g/mol. The van der Waals surface area contributed by atoms with E-state index in [1.807, 2.05) is 0 Å². The van der Waals surface area contributed by atoms with Gasteiger partial charge in [0.05, 0.1) is 0 Å². The predicted octanol–water partition coefficient (Wildman–Crippen LogP) is 15.6. The van der Waals surface area contributed by atoms with Gasteiger partial charge in [0.1, 0.15) is 11.2 Å². The highest BCUT2D eigenvalue weighted by Crippen LogP contribution is 2.51. The highest BCUT2D eigenvalue weighted by molar-refractivity contribution is 6.27. The quantitative estimate of drug-likeness (QED) is 0.168. The first kappa shape index (κ1) is 32.1. The van der Waals surface area contributed by atoms with Crippen LogP contribution in [0.1, 0.15) is 25.0 Å². The molecule has 0 fully saturated rings. The Morgan fingerprint density at radius 3 is 1.77 bits per heavy atom. The molecule has 0 saturated carbocycles. The summed E-state index contributed by atoms with van der Waals surface area (Å²) in [5.74, 6) is 0. The SMILES string of the molecule is CC1(C)c2ccccc2-c2ccc(N(c3ccccc3)c3ccc4oc5ccc(-c6ccc7c(ccc8ccc9ccc%10ccccc%10c9c87)c6)cc5c4c3)cc21. The fraction of sp³-hybridized carbons (Fsp3) is 0.0545. The summed E-state index contributed by atoms with van der Waals surface area (Å²) in [6, 6.07) is 69.0. The zero-order valence-corrected chi connectivity index (χ0v) is 31.8. The first-order chi connectivity index (χ1) is 28.0. The van der Waals surface area contributed by atoms with Crippen molar-refractivity contribution in [3.05, 3.63) is 199 Å². The molecule has 10 aromatic carbocycles. The molecule has 268 valence electrons. The summed E-state index contributed by atoms with van der Waals surface area (Å²) in [5.41, 5.74) is 12.8. The second-order valence-electron chi connectivity index (χ2n) is 16.1. The minimum atomic E-state index is -0.0938. The molecule has 2 nitrogen and oxygen atoms in total. The molecule has 57 heavy (non-hydrogen) atoms. The molecule has 0 bridgehead atoms. The second kappa shape index (κ2) is 11.9. The van der Waals surface area contributed by atoms with Gasteiger partial charge in [0, 0.05) is 33.2 Å². The standard InChI is InChI=1S/C55H37NO/c1-55(2)49-15-9-8-14-45(49)46-27-24-42(33-50(46)55)56(40-11-4-3-5-12-40)41-25-29-52-48(32-41)47-31-38(23-28-51(47)57-52)37-22-26-44-39(30-37)21-20-36-19-18-35-17-16-34-10-6-7-13-43(34)53(35)54(36)44/h3-33H,1-2H3. The van der Waals surface area contributed by atoms with E-state index in [0.29, 0.717) is 0 Å². The van der Waals surface area contributed by atoms with E-state index in [1.54, 1.807) is 0 Å². The molecule has 11 aromatic rings. The third kappa shape index (κ3) is 4.77. The topological polar surface area (TPSA) is 16.4 Å². The number of benzene rings is 10. The lowest BCUT2D eigenvalue weighted by atomic mass is 9.82. The van der Waals surface area contributed by atoms with Crippen LogP contribution >= 0.6 is 0 Å². The Balaban J connectivity index is 0.992. The van der Waals surface area contributed by atoms with Gasteiger partial charge in [-0.05, 0) is 137 Å². The van der Waals surface area contributed by atoms with Gasteiger partial charge in [-0.2, -0.15) is 0 Å². The highest BCUT2D eigenvalue weighted by Gasteiger charge is 2.35. The number of fused-ring (bicyclic) bond motifs is 13. The molecule has 0 aliphatic heterocycles. The molecular weight excluding hydrogens is 691 g/mol. The van der Waals surface area contributed by atoms with Gasteiger partial charge < -0.3 is 9.32 Å². The lowest BCUT2D eigenvalue weighted by molar-refractivity contribution is 0.660. The van der Waals surface area contributed by atoms with Gasteiger partial charge in [0.15, 0.2) is 0 Å². The van der Waals surface area contributed by atoms with Crippen LogP contribution in [0.25, 0.3) is 87.3 Å². The predicted molar refractivity (Wildman–Crippen MR) is 241 cm³/mol. The van der Waals surface area contributed by atoms with E-state index in [0.717, 1.165) is 39.0 Å². The van der Waals surface area contributed by atoms with Crippen LogP contribution in [0.3, 0.4) is 0 Å². The van der Waals surface area contributed by atoms with Gasteiger partial charge in [-0.25, -0.2) is 0 Å². The maximum atomic E-state index is 6.49. The van der Waals surface area contributed by atoms with E-state index in [-0.39, 0.29) is 5.41 Å². The molecule has 1 aromatic heterocycles. The maximum absolute atomic E-state index is 6.49. The first-order valence-electron chi connectivity index (χ1n) is 19.8. The van der Waals surface area contributed by atoms with Crippen LogP contribution in [0.2, 0.25) is 0 Å². The number of para-hydroxylation sites is 1. The normalized spacial score (nSPS) is 13.2. The fourth-order valence-electron chi connectivity index (χ4n) is 9.77. The number of rotatable bonds is 4. The molecule has 1 aliphatic carbocycles. The summed E-state index contributed by atoms with van der Waals surface area (Å²) in [6.45, 7) is 4.69. The van der Waals surface area contributed by atoms with Gasteiger partial charge in [-0.15, -0.1) is 0 Å². The first-order valence-corrected chi connectivity index (χ1v) is 19.8. The van der Waals surface area contributed by atoms with Crippen LogP contribution in [0, 0.1) is 0 Å². The van der Waals surface area contributed by atoms with Crippen molar-refractivity contribution in [2.45, 2.75) is 19.3 Å². The van der Waals surface area contributed by atoms with Crippen LogP contribution in [0.5, 0.6) is 0 Å². The van der Waals surface area contributed by atoms with Crippen LogP contribution in [-0.4, -0.2) is 0 Å². The van der Waals surface area contributed by atoms with E-state index in [2.05, 4.69) is 207 Å². The van der Waals surface area contributed by atoms with Crippen molar-refractivity contribution in [1.82, 2.24) is 0 Å². The zero-order chi connectivity index (χ0) is 37.8. The molecule has 0 saturated heterocycles. The lowest BCUT2D eigenvalue weighted by Gasteiger charge is -2.28. The van der Waals surface area contributed by atoms with Gasteiger partial charge in [-0.1, -0.05) is 141 Å². The average Bonchev–Trinajstić information content (AvgIpc) is 3.74. The molecule has 12 rings (SSSR count). The minimum absolute atomic E-state index is 0.0938. The summed E-state index contributed by atoms with van der Waals surface area (Å²) in [6.07, 6.45) is 0. The van der Waals surface area contributed by atoms with Crippen molar-refractivity contribution in [1.29, 1.82) is 0 Å². The van der Waals surface area contributed by atoms with E-state index in [4.69, 9.17) is 4.42 Å². The molecule has 2 heteroatoms. The van der Waals surface area contributed by atoms with Crippen molar-refractivity contribution in [3.8, 4) is 22.3 Å². The highest BCUT2D eigenvalue weighted by atomic mass is 16.3. The Hall–Kier alpha value is -7.16. The van der Waals surface area contributed by atoms with Crippen LogP contribution in [0.15, 0.2) is 192 Å². The van der Waals surface area contributed by atoms with E-state index >= 15 is 0 Å². The largest absolute Gasteiger partial charge is 0.456 e. The molecule has 0 atom stereocenters. The summed E-state index contributed by atoms with van der Waals surface area (Å²) >= 11 is 0. The Morgan fingerprint density at radius 1 is 0.368 bits per heavy atom. The number of nitrogens with zero attached hydrogens (tertiary/aromatic N) is 1. The Kier molecular flexibility index (Phi) is 6.72. The minimum Gasteiger partial charge on any atom is -0.456 e.